The summed E-state index contributed by atoms with van der Waals surface area (Å²) in [6.07, 6.45) is 0.848. The molecular weight excluding hydrogens is 474 g/mol. The molecule has 5 nitrogen and oxygen atoms in total. The minimum absolute atomic E-state index is 0.106. The lowest BCUT2D eigenvalue weighted by Crippen LogP contribution is -2.23. The highest BCUT2D eigenvalue weighted by Crippen LogP contribution is 2.31. The van der Waals surface area contributed by atoms with Crippen LogP contribution in [0.2, 0.25) is 5.02 Å². The average molecular weight is 498 g/mol. The third kappa shape index (κ3) is 4.86. The second-order valence-corrected chi connectivity index (χ2v) is 10.3. The molecule has 0 saturated heterocycles. The zero-order valence-corrected chi connectivity index (χ0v) is 21.2. The largest absolute Gasteiger partial charge is 0.325 e. The van der Waals surface area contributed by atoms with Gasteiger partial charge in [0.1, 0.15) is 4.83 Å². The predicted molar refractivity (Wildman–Crippen MR) is 140 cm³/mol. The molecule has 8 heteroatoms. The lowest BCUT2D eigenvalue weighted by Gasteiger charge is -2.13. The van der Waals surface area contributed by atoms with Crippen molar-refractivity contribution in [2.75, 3.05) is 11.1 Å². The molecule has 2 heterocycles. The molecule has 0 radical (unpaired) electrons. The lowest BCUT2D eigenvalue weighted by atomic mass is 10.2. The number of halogens is 1. The van der Waals surface area contributed by atoms with Crippen LogP contribution in [0.1, 0.15) is 28.5 Å². The molecule has 0 unspecified atom stereocenters. The molecule has 2 aromatic carbocycles. The van der Waals surface area contributed by atoms with Crippen molar-refractivity contribution in [2.45, 2.75) is 39.3 Å². The molecule has 0 saturated carbocycles. The van der Waals surface area contributed by atoms with Gasteiger partial charge >= 0.3 is 0 Å². The van der Waals surface area contributed by atoms with Gasteiger partial charge in [0.05, 0.1) is 16.8 Å². The van der Waals surface area contributed by atoms with Gasteiger partial charge in [0.2, 0.25) is 5.91 Å². The number of nitrogens with one attached hydrogen (secondary N) is 1. The molecule has 4 rings (SSSR count). The molecule has 2 aromatic heterocycles. The first kappa shape index (κ1) is 23.5. The average Bonchev–Trinajstić information content (AvgIpc) is 3.11. The van der Waals surface area contributed by atoms with Gasteiger partial charge in [-0.25, -0.2) is 4.98 Å². The summed E-state index contributed by atoms with van der Waals surface area (Å²) in [5.74, 6) is -0.0763. The fourth-order valence-electron chi connectivity index (χ4n) is 3.61. The van der Waals surface area contributed by atoms with Crippen LogP contribution in [0.5, 0.6) is 0 Å². The topological polar surface area (TPSA) is 64.0 Å². The van der Waals surface area contributed by atoms with Gasteiger partial charge in [-0.1, -0.05) is 54.0 Å². The maximum absolute atomic E-state index is 13.6. The second-order valence-electron chi connectivity index (χ2n) is 7.85. The summed E-state index contributed by atoms with van der Waals surface area (Å²) >= 11 is 8.86. The summed E-state index contributed by atoms with van der Waals surface area (Å²) in [6.45, 7) is 7.97. The Morgan fingerprint density at radius 3 is 2.58 bits per heavy atom. The maximum Gasteiger partial charge on any atom is 0.267 e. The van der Waals surface area contributed by atoms with Crippen molar-refractivity contribution in [3.63, 3.8) is 0 Å². The summed E-state index contributed by atoms with van der Waals surface area (Å²) in [5, 5.41) is 4.62. The number of amides is 1. The Bertz CT molecular complexity index is 1410. The van der Waals surface area contributed by atoms with E-state index in [1.54, 1.807) is 28.0 Å². The van der Waals surface area contributed by atoms with Crippen molar-refractivity contribution in [1.29, 1.82) is 0 Å². The van der Waals surface area contributed by atoms with E-state index < -0.39 is 0 Å². The first-order valence-corrected chi connectivity index (χ1v) is 12.8. The number of fused-ring (bicyclic) bond motifs is 1. The number of nitrogens with zero attached hydrogens (tertiary/aromatic N) is 2. The molecule has 0 aliphatic rings. The first-order chi connectivity index (χ1) is 15.8. The molecule has 33 heavy (non-hydrogen) atoms. The van der Waals surface area contributed by atoms with Gasteiger partial charge in [0.25, 0.3) is 5.56 Å². The van der Waals surface area contributed by atoms with Crippen molar-refractivity contribution in [1.82, 2.24) is 9.55 Å². The van der Waals surface area contributed by atoms with Crippen molar-refractivity contribution in [3.8, 4) is 5.69 Å². The zero-order valence-electron chi connectivity index (χ0n) is 18.9. The van der Waals surface area contributed by atoms with Gasteiger partial charge in [-0.2, -0.15) is 0 Å². The third-order valence-corrected chi connectivity index (χ3v) is 7.96. The number of thiophene rings is 1. The lowest BCUT2D eigenvalue weighted by molar-refractivity contribution is -0.113. The van der Waals surface area contributed by atoms with E-state index in [-0.39, 0.29) is 17.2 Å². The molecule has 0 spiro atoms. The molecule has 0 bridgehead atoms. The van der Waals surface area contributed by atoms with Gasteiger partial charge < -0.3 is 5.32 Å². The van der Waals surface area contributed by atoms with Crippen LogP contribution in [0.15, 0.2) is 52.4 Å². The Morgan fingerprint density at radius 2 is 1.88 bits per heavy atom. The van der Waals surface area contributed by atoms with Crippen molar-refractivity contribution in [2.24, 2.45) is 0 Å². The molecule has 170 valence electrons. The highest BCUT2D eigenvalue weighted by molar-refractivity contribution is 7.99. The minimum Gasteiger partial charge on any atom is -0.325 e. The highest BCUT2D eigenvalue weighted by atomic mass is 35.5. The standard InChI is InChI=1S/C25H24ClN3O2S2/c1-5-20-16(4)22-23(33-20)28-25(29(24(22)31)18-10-6-14(2)7-11-18)32-13-21(30)27-19-12-17(26)9-8-15(19)3/h6-12H,5,13H2,1-4H3,(H,27,30). The van der Waals surface area contributed by atoms with Gasteiger partial charge in [-0.15, -0.1) is 11.3 Å². The summed E-state index contributed by atoms with van der Waals surface area (Å²) in [6, 6.07) is 13.1. The third-order valence-electron chi connectivity index (χ3n) is 5.45. The number of anilines is 1. The van der Waals surface area contributed by atoms with Crippen LogP contribution in [0, 0.1) is 20.8 Å². The Kier molecular flexibility index (Phi) is 6.93. The van der Waals surface area contributed by atoms with Crippen molar-refractivity contribution < 1.29 is 4.79 Å². The summed E-state index contributed by atoms with van der Waals surface area (Å²) in [5.41, 5.74) is 4.32. The van der Waals surface area contributed by atoms with E-state index in [0.717, 1.165) is 33.7 Å². The second kappa shape index (κ2) is 9.71. The van der Waals surface area contributed by atoms with E-state index in [4.69, 9.17) is 16.6 Å². The predicted octanol–water partition coefficient (Wildman–Crippen LogP) is 6.32. The number of thioether (sulfide) groups is 1. The van der Waals surface area contributed by atoms with Crippen LogP contribution >= 0.6 is 34.7 Å². The molecule has 4 aromatic rings. The molecule has 0 aliphatic heterocycles. The fourth-order valence-corrected chi connectivity index (χ4v) is 5.75. The first-order valence-electron chi connectivity index (χ1n) is 10.6. The van der Waals surface area contributed by atoms with Gasteiger partial charge in [-0.3, -0.25) is 14.2 Å². The maximum atomic E-state index is 13.6. The number of hydrogen-bond acceptors (Lipinski definition) is 5. The SMILES string of the molecule is CCc1sc2nc(SCC(=O)Nc3cc(Cl)ccc3C)n(-c3ccc(C)cc3)c(=O)c2c1C. The monoisotopic (exact) mass is 497 g/mol. The van der Waals surface area contributed by atoms with E-state index in [1.807, 2.05) is 51.1 Å². The van der Waals surface area contributed by atoms with E-state index >= 15 is 0 Å². The highest BCUT2D eigenvalue weighted by Gasteiger charge is 2.19. The number of carbonyl (C=O) groups excluding carboxylic acids is 1. The quantitative estimate of drug-likeness (QED) is 0.250. The molecule has 1 amide bonds. The van der Waals surface area contributed by atoms with E-state index in [1.165, 1.54) is 11.8 Å². The number of hydrogen-bond donors (Lipinski definition) is 1. The van der Waals surface area contributed by atoms with Crippen LogP contribution in [0.4, 0.5) is 5.69 Å². The van der Waals surface area contributed by atoms with Gasteiger partial charge in [0.15, 0.2) is 5.16 Å². The van der Waals surface area contributed by atoms with E-state index in [2.05, 4.69) is 12.2 Å². The summed E-state index contributed by atoms with van der Waals surface area (Å²) in [4.78, 5) is 33.0. The molecular formula is C25H24ClN3O2S2. The van der Waals surface area contributed by atoms with E-state index in [0.29, 0.717) is 26.1 Å². The summed E-state index contributed by atoms with van der Waals surface area (Å²) in [7, 11) is 0. The van der Waals surface area contributed by atoms with Crippen LogP contribution in [-0.2, 0) is 11.2 Å². The number of benzene rings is 2. The van der Waals surface area contributed by atoms with E-state index in [9.17, 15) is 9.59 Å². The van der Waals surface area contributed by atoms with Crippen LogP contribution in [-0.4, -0.2) is 21.2 Å². The van der Waals surface area contributed by atoms with Crippen molar-refractivity contribution in [3.05, 3.63) is 79.4 Å². The molecule has 0 fully saturated rings. The Hall–Kier alpha value is -2.61. The minimum atomic E-state index is -0.188. The molecule has 0 atom stereocenters. The fraction of sp³-hybridized carbons (Fsp3) is 0.240. The van der Waals surface area contributed by atoms with Crippen LogP contribution < -0.4 is 10.9 Å². The smallest absolute Gasteiger partial charge is 0.267 e. The molecule has 1 N–H and O–H groups in total. The Labute approximate surface area is 205 Å². The van der Waals surface area contributed by atoms with Crippen LogP contribution in [0.3, 0.4) is 0 Å². The zero-order chi connectivity index (χ0) is 23.7. The van der Waals surface area contributed by atoms with Gasteiger partial charge in [0, 0.05) is 15.6 Å². The number of carbonyl (C=O) groups is 1. The van der Waals surface area contributed by atoms with Gasteiger partial charge in [-0.05, 0) is 62.6 Å². The molecule has 0 aliphatic carbocycles. The summed E-state index contributed by atoms with van der Waals surface area (Å²) < 4.78 is 1.61. The Balaban J connectivity index is 1.72. The van der Waals surface area contributed by atoms with Crippen LogP contribution in [0.25, 0.3) is 15.9 Å². The Morgan fingerprint density at radius 1 is 1.15 bits per heavy atom. The number of aryl methyl sites for hydroxylation is 4. The van der Waals surface area contributed by atoms with Crippen molar-refractivity contribution >= 4 is 56.5 Å². The number of aromatic nitrogens is 2. The normalized spacial score (nSPS) is 11.2. The number of rotatable bonds is 6.